The molecular formula is C16H16F3N3O. The van der Waals surface area contributed by atoms with Gasteiger partial charge in [-0.1, -0.05) is 25.1 Å². The van der Waals surface area contributed by atoms with Crippen LogP contribution in [-0.4, -0.2) is 10.9 Å². The fraction of sp³-hybridized carbons (Fsp3) is 0.250. The van der Waals surface area contributed by atoms with Gasteiger partial charge >= 0.3 is 6.18 Å². The first-order valence-corrected chi connectivity index (χ1v) is 6.94. The van der Waals surface area contributed by atoms with Crippen LogP contribution in [0.3, 0.4) is 0 Å². The molecule has 0 aliphatic rings. The maximum Gasteiger partial charge on any atom is 0.416 e. The molecule has 0 fully saturated rings. The Morgan fingerprint density at radius 1 is 1.30 bits per heavy atom. The van der Waals surface area contributed by atoms with Gasteiger partial charge in [-0.25, -0.2) is 4.98 Å². The molecule has 1 amide bonds. The summed E-state index contributed by atoms with van der Waals surface area (Å²) in [7, 11) is 0. The van der Waals surface area contributed by atoms with Gasteiger partial charge in [-0.2, -0.15) is 13.2 Å². The second-order valence-electron chi connectivity index (χ2n) is 5.26. The van der Waals surface area contributed by atoms with Crippen LogP contribution in [0.4, 0.5) is 24.7 Å². The number of rotatable bonds is 4. The molecule has 0 radical (unpaired) electrons. The van der Waals surface area contributed by atoms with E-state index in [1.165, 1.54) is 12.3 Å². The van der Waals surface area contributed by atoms with Crippen molar-refractivity contribution in [2.24, 2.45) is 5.92 Å². The summed E-state index contributed by atoms with van der Waals surface area (Å²) < 4.78 is 38.1. The molecule has 0 saturated heterocycles. The molecule has 23 heavy (non-hydrogen) atoms. The Bertz CT molecular complexity index is 684. The minimum Gasteiger partial charge on any atom is -0.384 e. The molecule has 0 aliphatic heterocycles. The Hall–Kier alpha value is -2.57. The molecule has 1 unspecified atom stereocenters. The SMILES string of the molecule is CC(Cc1cccc(C(F)(F)F)c1)C(=O)Nc1ccc(N)nc1. The molecule has 0 spiro atoms. The van der Waals surface area contributed by atoms with Gasteiger partial charge in [0, 0.05) is 5.92 Å². The van der Waals surface area contributed by atoms with Crippen molar-refractivity contribution in [2.75, 3.05) is 11.1 Å². The Labute approximate surface area is 131 Å². The summed E-state index contributed by atoms with van der Waals surface area (Å²) in [6.45, 7) is 1.65. The molecule has 0 saturated carbocycles. The summed E-state index contributed by atoms with van der Waals surface area (Å²) in [4.78, 5) is 15.9. The summed E-state index contributed by atoms with van der Waals surface area (Å²) in [5.74, 6) is -0.454. The topological polar surface area (TPSA) is 68.0 Å². The minimum atomic E-state index is -4.39. The second-order valence-corrected chi connectivity index (χ2v) is 5.26. The van der Waals surface area contributed by atoms with Crippen LogP contribution in [0, 0.1) is 5.92 Å². The van der Waals surface area contributed by atoms with E-state index >= 15 is 0 Å². The molecule has 122 valence electrons. The van der Waals surface area contributed by atoms with Gasteiger partial charge in [0.25, 0.3) is 0 Å². The standard InChI is InChI=1S/C16H16F3N3O/c1-10(15(23)22-13-5-6-14(20)21-9-13)7-11-3-2-4-12(8-11)16(17,18)19/h2-6,8-10H,7H2,1H3,(H2,20,21)(H,22,23). The Balaban J connectivity index is 2.02. The normalized spacial score (nSPS) is 12.7. The first-order valence-electron chi connectivity index (χ1n) is 6.94. The van der Waals surface area contributed by atoms with Crippen molar-refractivity contribution in [3.8, 4) is 0 Å². The summed E-state index contributed by atoms with van der Waals surface area (Å²) in [5.41, 5.74) is 5.68. The molecule has 1 aromatic carbocycles. The van der Waals surface area contributed by atoms with E-state index in [1.807, 2.05) is 0 Å². The number of hydrogen-bond acceptors (Lipinski definition) is 3. The van der Waals surface area contributed by atoms with Gasteiger partial charge in [-0.15, -0.1) is 0 Å². The zero-order chi connectivity index (χ0) is 17.0. The molecule has 2 aromatic rings. The Kier molecular flexibility index (Phi) is 4.88. The van der Waals surface area contributed by atoms with Crippen LogP contribution in [0.5, 0.6) is 0 Å². The van der Waals surface area contributed by atoms with Gasteiger partial charge in [0.15, 0.2) is 0 Å². The molecule has 1 aromatic heterocycles. The van der Waals surface area contributed by atoms with Crippen molar-refractivity contribution in [3.63, 3.8) is 0 Å². The van der Waals surface area contributed by atoms with Gasteiger partial charge in [0.1, 0.15) is 5.82 Å². The summed E-state index contributed by atoms with van der Waals surface area (Å²) >= 11 is 0. The van der Waals surface area contributed by atoms with Crippen LogP contribution < -0.4 is 11.1 Å². The fourth-order valence-corrected chi connectivity index (χ4v) is 2.07. The van der Waals surface area contributed by atoms with Gasteiger partial charge in [0.2, 0.25) is 5.91 Å². The number of carbonyl (C=O) groups is 1. The van der Waals surface area contributed by atoms with Gasteiger partial charge < -0.3 is 11.1 Å². The van der Waals surface area contributed by atoms with Crippen molar-refractivity contribution in [1.29, 1.82) is 0 Å². The maximum absolute atomic E-state index is 12.7. The lowest BCUT2D eigenvalue weighted by molar-refractivity contribution is -0.137. The number of benzene rings is 1. The molecular weight excluding hydrogens is 307 g/mol. The highest BCUT2D eigenvalue weighted by atomic mass is 19.4. The highest BCUT2D eigenvalue weighted by Crippen LogP contribution is 2.30. The third kappa shape index (κ3) is 4.70. The average molecular weight is 323 g/mol. The predicted molar refractivity (Wildman–Crippen MR) is 81.6 cm³/mol. The van der Waals surface area contributed by atoms with Gasteiger partial charge in [-0.3, -0.25) is 4.79 Å². The number of pyridine rings is 1. The van der Waals surface area contributed by atoms with E-state index in [0.717, 1.165) is 12.1 Å². The number of hydrogen-bond donors (Lipinski definition) is 2. The highest BCUT2D eigenvalue weighted by molar-refractivity contribution is 5.92. The molecule has 3 N–H and O–H groups in total. The lowest BCUT2D eigenvalue weighted by atomic mass is 9.98. The first kappa shape index (κ1) is 16.8. The van der Waals surface area contributed by atoms with Crippen molar-refractivity contribution in [2.45, 2.75) is 19.5 Å². The van der Waals surface area contributed by atoms with E-state index < -0.39 is 17.7 Å². The zero-order valence-corrected chi connectivity index (χ0v) is 12.4. The van der Waals surface area contributed by atoms with Crippen LogP contribution in [0.15, 0.2) is 42.6 Å². The lowest BCUT2D eigenvalue weighted by Gasteiger charge is -2.13. The lowest BCUT2D eigenvalue weighted by Crippen LogP contribution is -2.22. The van der Waals surface area contributed by atoms with Gasteiger partial charge in [0.05, 0.1) is 17.4 Å². The number of halogens is 3. The van der Waals surface area contributed by atoms with Crippen LogP contribution in [0.2, 0.25) is 0 Å². The molecule has 0 aliphatic carbocycles. The number of carbonyl (C=O) groups excluding carboxylic acids is 1. The molecule has 2 rings (SSSR count). The van der Waals surface area contributed by atoms with E-state index in [2.05, 4.69) is 10.3 Å². The van der Waals surface area contributed by atoms with Crippen LogP contribution in [-0.2, 0) is 17.4 Å². The van der Waals surface area contributed by atoms with E-state index in [0.29, 0.717) is 17.1 Å². The first-order chi connectivity index (χ1) is 10.8. The smallest absolute Gasteiger partial charge is 0.384 e. The average Bonchev–Trinajstić information content (AvgIpc) is 2.49. The molecule has 1 heterocycles. The minimum absolute atomic E-state index is 0.207. The van der Waals surface area contributed by atoms with Crippen molar-refractivity contribution in [3.05, 3.63) is 53.7 Å². The number of anilines is 2. The van der Waals surface area contributed by atoms with Crippen LogP contribution in [0.25, 0.3) is 0 Å². The molecule has 7 heteroatoms. The quantitative estimate of drug-likeness (QED) is 0.905. The second kappa shape index (κ2) is 6.68. The summed E-state index contributed by atoms with van der Waals surface area (Å²) in [6.07, 6.45) is -2.76. The number of alkyl halides is 3. The monoisotopic (exact) mass is 323 g/mol. The Morgan fingerprint density at radius 3 is 2.65 bits per heavy atom. The number of nitrogen functional groups attached to an aromatic ring is 1. The zero-order valence-electron chi connectivity index (χ0n) is 12.4. The maximum atomic E-state index is 12.7. The molecule has 1 atom stereocenters. The third-order valence-electron chi connectivity index (χ3n) is 3.30. The van der Waals surface area contributed by atoms with Crippen LogP contribution in [0.1, 0.15) is 18.1 Å². The molecule has 4 nitrogen and oxygen atoms in total. The third-order valence-corrected chi connectivity index (χ3v) is 3.30. The Morgan fingerprint density at radius 2 is 2.04 bits per heavy atom. The van der Waals surface area contributed by atoms with Gasteiger partial charge in [-0.05, 0) is 30.2 Å². The molecule has 0 bridgehead atoms. The summed E-state index contributed by atoms with van der Waals surface area (Å²) in [6, 6.07) is 8.14. The highest BCUT2D eigenvalue weighted by Gasteiger charge is 2.30. The van der Waals surface area contributed by atoms with E-state index in [9.17, 15) is 18.0 Å². The van der Waals surface area contributed by atoms with Crippen LogP contribution >= 0.6 is 0 Å². The fourth-order valence-electron chi connectivity index (χ4n) is 2.07. The van der Waals surface area contributed by atoms with E-state index in [4.69, 9.17) is 5.73 Å². The predicted octanol–water partition coefficient (Wildman–Crippen LogP) is 3.50. The van der Waals surface area contributed by atoms with E-state index in [-0.39, 0.29) is 12.3 Å². The van der Waals surface area contributed by atoms with Crippen molar-refractivity contribution < 1.29 is 18.0 Å². The number of amides is 1. The summed E-state index contributed by atoms with van der Waals surface area (Å²) in [5, 5.41) is 2.65. The number of aromatic nitrogens is 1. The van der Waals surface area contributed by atoms with E-state index in [1.54, 1.807) is 25.1 Å². The number of nitrogens with zero attached hydrogens (tertiary/aromatic N) is 1. The van der Waals surface area contributed by atoms with Crippen molar-refractivity contribution in [1.82, 2.24) is 4.98 Å². The van der Waals surface area contributed by atoms with Crippen molar-refractivity contribution >= 4 is 17.4 Å². The number of nitrogens with one attached hydrogen (secondary N) is 1. The largest absolute Gasteiger partial charge is 0.416 e. The number of nitrogens with two attached hydrogens (primary N) is 1.